The van der Waals surface area contributed by atoms with E-state index in [9.17, 15) is 18.0 Å². The lowest BCUT2D eigenvalue weighted by Crippen LogP contribution is -2.57. The van der Waals surface area contributed by atoms with E-state index in [1.165, 1.54) is 0 Å². The van der Waals surface area contributed by atoms with Gasteiger partial charge in [-0.1, -0.05) is 18.2 Å². The van der Waals surface area contributed by atoms with Gasteiger partial charge in [-0.05, 0) is 51.1 Å². The number of methoxy groups -OCH3 is 1. The Hall–Kier alpha value is -2.92. The largest absolute Gasteiger partial charge is 0.490 e. The van der Waals surface area contributed by atoms with E-state index in [2.05, 4.69) is 15.7 Å². The summed E-state index contributed by atoms with van der Waals surface area (Å²) >= 11 is 0. The van der Waals surface area contributed by atoms with Crippen molar-refractivity contribution in [1.29, 1.82) is 0 Å². The molecule has 1 fully saturated rings. The number of carboxylic acids is 1. The zero-order valence-electron chi connectivity index (χ0n) is 17.2. The number of aryl methyl sites for hydroxylation is 1. The van der Waals surface area contributed by atoms with Gasteiger partial charge in [0, 0.05) is 12.8 Å². The maximum absolute atomic E-state index is 12.7. The number of hydrogen-bond donors (Lipinski definition) is 3. The van der Waals surface area contributed by atoms with Gasteiger partial charge in [0.05, 0.1) is 17.8 Å². The van der Waals surface area contributed by atoms with Crippen molar-refractivity contribution in [3.63, 3.8) is 0 Å². The number of benzene rings is 1. The summed E-state index contributed by atoms with van der Waals surface area (Å²) in [4.78, 5) is 21.6. The number of carboxylic acid groups (broad SMARTS) is 1. The van der Waals surface area contributed by atoms with E-state index >= 15 is 0 Å². The highest BCUT2D eigenvalue weighted by molar-refractivity contribution is 5.93. The number of para-hydroxylation sites is 1. The number of amides is 1. The highest BCUT2D eigenvalue weighted by Gasteiger charge is 2.38. The molecule has 1 aliphatic heterocycles. The number of halogens is 3. The van der Waals surface area contributed by atoms with Gasteiger partial charge in [0.25, 0.3) is 5.91 Å². The quantitative estimate of drug-likeness (QED) is 0.656. The summed E-state index contributed by atoms with van der Waals surface area (Å²) in [7, 11) is 1.67. The van der Waals surface area contributed by atoms with Crippen LogP contribution in [0.25, 0.3) is 5.69 Å². The van der Waals surface area contributed by atoms with Gasteiger partial charge in [-0.15, -0.1) is 0 Å². The number of aliphatic carboxylic acids is 1. The van der Waals surface area contributed by atoms with Crippen LogP contribution in [-0.2, 0) is 9.53 Å². The summed E-state index contributed by atoms with van der Waals surface area (Å²) in [6.07, 6.45) is -3.38. The Morgan fingerprint density at radius 3 is 2.35 bits per heavy atom. The number of nitrogens with one attached hydrogen (secondary N) is 2. The molecule has 1 aliphatic rings. The molecule has 0 saturated carbocycles. The Morgan fingerprint density at radius 2 is 1.84 bits per heavy atom. The number of alkyl halides is 3. The van der Waals surface area contributed by atoms with Crippen LogP contribution in [-0.4, -0.2) is 65.3 Å². The van der Waals surface area contributed by atoms with E-state index in [-0.39, 0.29) is 11.4 Å². The van der Waals surface area contributed by atoms with Crippen molar-refractivity contribution in [2.24, 2.45) is 0 Å². The third kappa shape index (κ3) is 6.79. The minimum Gasteiger partial charge on any atom is -0.475 e. The van der Waals surface area contributed by atoms with Crippen LogP contribution >= 0.6 is 0 Å². The number of carbonyl (C=O) groups is 2. The first kappa shape index (κ1) is 24.4. The smallest absolute Gasteiger partial charge is 0.475 e. The predicted octanol–water partition coefficient (Wildman–Crippen LogP) is 2.31. The zero-order chi connectivity index (χ0) is 23.1. The number of piperidine rings is 1. The van der Waals surface area contributed by atoms with Crippen LogP contribution < -0.4 is 10.6 Å². The molecule has 11 heteroatoms. The molecule has 1 amide bonds. The molecule has 170 valence electrons. The average molecular weight is 442 g/mol. The van der Waals surface area contributed by atoms with Gasteiger partial charge in [0.1, 0.15) is 0 Å². The highest BCUT2D eigenvalue weighted by atomic mass is 19.4. The normalized spacial score (nSPS) is 15.5. The Kier molecular flexibility index (Phi) is 8.17. The summed E-state index contributed by atoms with van der Waals surface area (Å²) in [5.74, 6) is -2.90. The number of aromatic nitrogens is 2. The number of carbonyl (C=O) groups excluding carboxylic acids is 1. The lowest BCUT2D eigenvalue weighted by atomic mass is 9.89. The topological polar surface area (TPSA) is 105 Å². The van der Waals surface area contributed by atoms with E-state index < -0.39 is 12.1 Å². The van der Waals surface area contributed by atoms with Crippen molar-refractivity contribution in [3.8, 4) is 5.69 Å². The first-order chi connectivity index (χ1) is 14.6. The van der Waals surface area contributed by atoms with E-state index in [4.69, 9.17) is 14.6 Å². The number of hydrogen-bond acceptors (Lipinski definition) is 5. The fraction of sp³-hybridized carbons (Fsp3) is 0.450. The first-order valence-corrected chi connectivity index (χ1v) is 9.52. The number of ether oxygens (including phenoxy) is 1. The lowest BCUT2D eigenvalue weighted by molar-refractivity contribution is -0.192. The summed E-state index contributed by atoms with van der Waals surface area (Å²) in [5, 5.41) is 18.1. The van der Waals surface area contributed by atoms with E-state index in [0.29, 0.717) is 12.3 Å². The highest BCUT2D eigenvalue weighted by Crippen LogP contribution is 2.20. The van der Waals surface area contributed by atoms with Gasteiger partial charge in [-0.2, -0.15) is 18.3 Å². The third-order valence-corrected chi connectivity index (χ3v) is 4.72. The molecular weight excluding hydrogens is 417 g/mol. The molecule has 31 heavy (non-hydrogen) atoms. The molecule has 0 radical (unpaired) electrons. The van der Waals surface area contributed by atoms with Crippen molar-refractivity contribution in [2.75, 3.05) is 26.8 Å². The minimum atomic E-state index is -5.08. The van der Waals surface area contributed by atoms with Crippen molar-refractivity contribution < 1.29 is 32.6 Å². The molecule has 3 rings (SSSR count). The van der Waals surface area contributed by atoms with Crippen LogP contribution in [0, 0.1) is 6.92 Å². The molecule has 0 spiro atoms. The van der Waals surface area contributed by atoms with Gasteiger partial charge in [0.2, 0.25) is 0 Å². The second-order valence-corrected chi connectivity index (χ2v) is 7.14. The molecule has 2 aromatic rings. The fourth-order valence-corrected chi connectivity index (χ4v) is 3.21. The molecule has 8 nitrogen and oxygen atoms in total. The summed E-state index contributed by atoms with van der Waals surface area (Å²) in [6.45, 7) is 4.22. The van der Waals surface area contributed by atoms with E-state index in [1.54, 1.807) is 11.8 Å². The predicted molar refractivity (Wildman–Crippen MR) is 106 cm³/mol. The maximum atomic E-state index is 12.7. The van der Waals surface area contributed by atoms with Crippen molar-refractivity contribution in [2.45, 2.75) is 31.5 Å². The Balaban J connectivity index is 0.000000423. The van der Waals surface area contributed by atoms with Crippen LogP contribution in [0.5, 0.6) is 0 Å². The first-order valence-electron chi connectivity index (χ1n) is 9.52. The molecule has 0 atom stereocenters. The zero-order valence-corrected chi connectivity index (χ0v) is 17.2. The third-order valence-electron chi connectivity index (χ3n) is 4.72. The average Bonchev–Trinajstić information content (AvgIpc) is 3.11. The molecule has 0 unspecified atom stereocenters. The van der Waals surface area contributed by atoms with Gasteiger partial charge < -0.3 is 20.5 Å². The molecule has 1 aromatic heterocycles. The Bertz CT molecular complexity index is 873. The Morgan fingerprint density at radius 1 is 1.26 bits per heavy atom. The van der Waals surface area contributed by atoms with Gasteiger partial charge in [-0.3, -0.25) is 4.79 Å². The van der Waals surface area contributed by atoms with Crippen molar-refractivity contribution >= 4 is 11.9 Å². The molecular formula is C20H25F3N4O4. The maximum Gasteiger partial charge on any atom is 0.490 e. The standard InChI is InChI=1S/C18H24N4O2.C2HF3O2/c1-14-12-16(21-22(14)15-6-4-3-5-7-15)17(23)20-18(13-24-2)8-10-19-11-9-18;3-2(4,5)1(6)7/h3-7,12,19H,8-11,13H2,1-2H3,(H,20,23);(H,6,7). The number of nitrogens with zero attached hydrogens (tertiary/aromatic N) is 2. The summed E-state index contributed by atoms with van der Waals surface area (Å²) in [6, 6.07) is 11.6. The van der Waals surface area contributed by atoms with Gasteiger partial charge >= 0.3 is 12.1 Å². The minimum absolute atomic E-state index is 0.147. The summed E-state index contributed by atoms with van der Waals surface area (Å²) < 4.78 is 38.9. The van der Waals surface area contributed by atoms with Crippen molar-refractivity contribution in [1.82, 2.24) is 20.4 Å². The number of rotatable bonds is 5. The lowest BCUT2D eigenvalue weighted by Gasteiger charge is -2.37. The molecule has 0 bridgehead atoms. The monoisotopic (exact) mass is 442 g/mol. The fourth-order valence-electron chi connectivity index (χ4n) is 3.21. The van der Waals surface area contributed by atoms with E-state index in [1.807, 2.05) is 43.3 Å². The second kappa shape index (κ2) is 10.4. The Labute approximate surface area is 177 Å². The van der Waals surface area contributed by atoms with Crippen LogP contribution in [0.4, 0.5) is 13.2 Å². The molecule has 0 aliphatic carbocycles. The van der Waals surface area contributed by atoms with Crippen LogP contribution in [0.1, 0.15) is 29.0 Å². The van der Waals surface area contributed by atoms with Crippen LogP contribution in [0.15, 0.2) is 36.4 Å². The molecule has 2 heterocycles. The van der Waals surface area contributed by atoms with Crippen LogP contribution in [0.2, 0.25) is 0 Å². The van der Waals surface area contributed by atoms with Crippen LogP contribution in [0.3, 0.4) is 0 Å². The second-order valence-electron chi connectivity index (χ2n) is 7.14. The molecule has 3 N–H and O–H groups in total. The van der Waals surface area contributed by atoms with Gasteiger partial charge in [-0.25, -0.2) is 9.48 Å². The summed E-state index contributed by atoms with van der Waals surface area (Å²) in [5.41, 5.74) is 1.99. The van der Waals surface area contributed by atoms with Crippen molar-refractivity contribution in [3.05, 3.63) is 47.8 Å². The SMILES string of the molecule is COCC1(NC(=O)c2cc(C)n(-c3ccccc3)n2)CCNCC1.O=C(O)C(F)(F)F. The van der Waals surface area contributed by atoms with E-state index in [0.717, 1.165) is 37.3 Å². The molecule has 1 saturated heterocycles. The molecule has 1 aromatic carbocycles. The van der Waals surface area contributed by atoms with Gasteiger partial charge in [0.15, 0.2) is 5.69 Å².